The third kappa shape index (κ3) is 4.19. The van der Waals surface area contributed by atoms with Gasteiger partial charge in [0.2, 0.25) is 0 Å². The summed E-state index contributed by atoms with van der Waals surface area (Å²) in [5.41, 5.74) is 3.37. The normalized spacial score (nSPS) is 19.9. The number of rotatable bonds is 5. The van der Waals surface area contributed by atoms with Crippen LogP contribution in [0.5, 0.6) is 17.2 Å². The minimum Gasteiger partial charge on any atom is -0.497 e. The Morgan fingerprint density at radius 2 is 1.79 bits per heavy atom. The molecule has 3 heterocycles. The van der Waals surface area contributed by atoms with Crippen LogP contribution in [0, 0.1) is 0 Å². The van der Waals surface area contributed by atoms with E-state index in [1.54, 1.807) is 27.4 Å². The van der Waals surface area contributed by atoms with E-state index in [0.717, 1.165) is 22.6 Å². The molecule has 0 bridgehead atoms. The van der Waals surface area contributed by atoms with Crippen molar-refractivity contribution in [1.29, 1.82) is 0 Å². The highest BCUT2D eigenvalue weighted by Crippen LogP contribution is 2.49. The summed E-state index contributed by atoms with van der Waals surface area (Å²) in [5, 5.41) is 2.98. The molecule has 0 saturated carbocycles. The molecule has 9 heteroatoms. The number of hydrogen-bond donors (Lipinski definition) is 1. The van der Waals surface area contributed by atoms with Crippen LogP contribution in [0.1, 0.15) is 43.7 Å². The Bertz CT molecular complexity index is 1270. The molecule has 0 radical (unpaired) electrons. The van der Waals surface area contributed by atoms with Gasteiger partial charge in [0.15, 0.2) is 0 Å². The fraction of sp³-hybridized carbons (Fsp3) is 0.448. The zero-order valence-corrected chi connectivity index (χ0v) is 22.7. The molecule has 0 aliphatic carbocycles. The molecule has 2 saturated heterocycles. The number of fused-ring (bicyclic) bond motifs is 3. The molecule has 5 rings (SSSR count). The lowest BCUT2D eigenvalue weighted by Gasteiger charge is -2.44. The molecule has 3 aliphatic heterocycles. The first kappa shape index (κ1) is 25.8. The molecule has 2 fully saturated rings. The molecule has 3 aliphatic rings. The van der Waals surface area contributed by atoms with Gasteiger partial charge in [-0.2, -0.15) is 0 Å². The highest BCUT2D eigenvalue weighted by atomic mass is 16.5. The largest absolute Gasteiger partial charge is 0.497 e. The number of urea groups is 2. The van der Waals surface area contributed by atoms with Gasteiger partial charge in [-0.25, -0.2) is 9.59 Å². The molecule has 1 spiro atoms. The average Bonchev–Trinajstić information content (AvgIpc) is 3.03. The topological polar surface area (TPSA) is 83.6 Å². The van der Waals surface area contributed by atoms with Crippen LogP contribution >= 0.6 is 0 Å². The Kier molecular flexibility index (Phi) is 6.86. The molecule has 1 atom stereocenters. The van der Waals surface area contributed by atoms with Crippen LogP contribution in [0.15, 0.2) is 48.2 Å². The maximum absolute atomic E-state index is 13.8. The Morgan fingerprint density at radius 3 is 2.45 bits per heavy atom. The lowest BCUT2D eigenvalue weighted by molar-refractivity contribution is 0.106. The van der Waals surface area contributed by atoms with Gasteiger partial charge >= 0.3 is 12.1 Å². The number of ether oxygens (including phenoxy) is 3. The van der Waals surface area contributed by atoms with Gasteiger partial charge in [0.05, 0.1) is 33.4 Å². The molecule has 2 aromatic carbocycles. The molecular formula is C29H36N4O5. The first-order valence-electron chi connectivity index (χ1n) is 13.1. The van der Waals surface area contributed by atoms with Gasteiger partial charge < -0.3 is 29.3 Å². The number of piperidine rings is 1. The molecule has 202 valence electrons. The monoisotopic (exact) mass is 520 g/mol. The van der Waals surface area contributed by atoms with Crippen molar-refractivity contribution in [3.05, 3.63) is 59.3 Å². The van der Waals surface area contributed by atoms with Crippen molar-refractivity contribution < 1.29 is 23.8 Å². The fourth-order valence-electron chi connectivity index (χ4n) is 6.25. The minimum atomic E-state index is -0.452. The molecule has 4 amide bonds. The maximum atomic E-state index is 13.8. The van der Waals surface area contributed by atoms with Crippen molar-refractivity contribution in [3.8, 4) is 17.2 Å². The second-order valence-electron chi connectivity index (χ2n) is 10.0. The Labute approximate surface area is 223 Å². The van der Waals surface area contributed by atoms with Crippen LogP contribution in [0.25, 0.3) is 0 Å². The minimum absolute atomic E-state index is 0.00914. The van der Waals surface area contributed by atoms with E-state index in [9.17, 15) is 9.59 Å². The van der Waals surface area contributed by atoms with Crippen LogP contribution in [0.2, 0.25) is 0 Å². The number of benzene rings is 2. The summed E-state index contributed by atoms with van der Waals surface area (Å²) < 4.78 is 16.5. The van der Waals surface area contributed by atoms with Crippen LogP contribution < -0.4 is 19.5 Å². The lowest BCUT2D eigenvalue weighted by atomic mass is 9.82. The second kappa shape index (κ2) is 10.1. The van der Waals surface area contributed by atoms with E-state index in [4.69, 9.17) is 14.2 Å². The zero-order valence-electron chi connectivity index (χ0n) is 22.7. The SMILES string of the molecule is CCN1C(=O)N2Cc3cc(OC)cc(OC)c3C(C)C=C2C12CCN(C(=O)Nc1cccc(OC)c1)CC2. The first-order valence-corrected chi connectivity index (χ1v) is 13.1. The number of nitrogens with zero attached hydrogens (tertiary/aromatic N) is 3. The van der Waals surface area contributed by atoms with Crippen LogP contribution in [0.3, 0.4) is 0 Å². The number of amides is 4. The number of methoxy groups -OCH3 is 3. The lowest BCUT2D eigenvalue weighted by Crippen LogP contribution is -2.55. The van der Waals surface area contributed by atoms with Crippen molar-refractivity contribution in [2.24, 2.45) is 0 Å². The Morgan fingerprint density at radius 1 is 1.05 bits per heavy atom. The highest BCUT2D eigenvalue weighted by molar-refractivity contribution is 5.90. The number of likely N-dealkylation sites (N-methyl/N-ethyl adjacent to an activating group) is 1. The first-order chi connectivity index (χ1) is 18.3. The predicted molar refractivity (Wildman–Crippen MR) is 145 cm³/mol. The van der Waals surface area contributed by atoms with E-state index in [-0.39, 0.29) is 18.0 Å². The molecule has 38 heavy (non-hydrogen) atoms. The van der Waals surface area contributed by atoms with Gasteiger partial charge in [-0.05, 0) is 43.5 Å². The summed E-state index contributed by atoms with van der Waals surface area (Å²) in [6.07, 6.45) is 3.56. The van der Waals surface area contributed by atoms with Crippen molar-refractivity contribution in [1.82, 2.24) is 14.7 Å². The van der Waals surface area contributed by atoms with Crippen LogP contribution in [0.4, 0.5) is 15.3 Å². The van der Waals surface area contributed by atoms with Crippen LogP contribution in [-0.2, 0) is 6.54 Å². The Balaban J connectivity index is 1.41. The van der Waals surface area contributed by atoms with E-state index in [1.807, 2.05) is 52.0 Å². The smallest absolute Gasteiger partial charge is 0.325 e. The summed E-state index contributed by atoms with van der Waals surface area (Å²) >= 11 is 0. The fourth-order valence-corrected chi connectivity index (χ4v) is 6.25. The predicted octanol–water partition coefficient (Wildman–Crippen LogP) is 5.04. The number of carbonyl (C=O) groups is 2. The molecular weight excluding hydrogens is 484 g/mol. The Hall–Kier alpha value is -3.88. The quantitative estimate of drug-likeness (QED) is 0.597. The zero-order chi connectivity index (χ0) is 27.0. The summed E-state index contributed by atoms with van der Waals surface area (Å²) in [4.78, 5) is 32.6. The van der Waals surface area contributed by atoms with Gasteiger partial charge in [0.25, 0.3) is 0 Å². The van der Waals surface area contributed by atoms with E-state index in [0.29, 0.717) is 56.2 Å². The molecule has 0 aromatic heterocycles. The van der Waals surface area contributed by atoms with E-state index in [2.05, 4.69) is 18.3 Å². The van der Waals surface area contributed by atoms with Gasteiger partial charge in [-0.3, -0.25) is 4.90 Å². The van der Waals surface area contributed by atoms with Crippen molar-refractivity contribution in [2.75, 3.05) is 46.3 Å². The number of hydrogen-bond acceptors (Lipinski definition) is 5. The summed E-state index contributed by atoms with van der Waals surface area (Å²) in [6, 6.07) is 11.1. The van der Waals surface area contributed by atoms with Gasteiger partial charge in [-0.1, -0.05) is 19.1 Å². The summed E-state index contributed by atoms with van der Waals surface area (Å²) in [5.74, 6) is 2.21. The second-order valence-corrected chi connectivity index (χ2v) is 10.0. The van der Waals surface area contributed by atoms with Crippen molar-refractivity contribution >= 4 is 17.7 Å². The third-order valence-corrected chi connectivity index (χ3v) is 8.11. The maximum Gasteiger partial charge on any atom is 0.325 e. The van der Waals surface area contributed by atoms with Gasteiger partial charge in [-0.15, -0.1) is 0 Å². The third-order valence-electron chi connectivity index (χ3n) is 8.11. The van der Waals surface area contributed by atoms with Gasteiger partial charge in [0.1, 0.15) is 17.2 Å². The standard InChI is InChI=1S/C29H36N4O5/c1-6-33-28(35)32-18-20-15-23(37-4)17-24(38-5)26(20)19(2)14-25(32)29(33)10-12-31(13-11-29)27(34)30-21-8-7-9-22(16-21)36-3/h7-9,14-17,19H,6,10-13,18H2,1-5H3,(H,30,34). The summed E-state index contributed by atoms with van der Waals surface area (Å²) in [7, 11) is 4.90. The number of likely N-dealkylation sites (tertiary alicyclic amines) is 1. The highest BCUT2D eigenvalue weighted by Gasteiger charge is 2.55. The van der Waals surface area contributed by atoms with Crippen molar-refractivity contribution in [2.45, 2.75) is 44.7 Å². The number of anilines is 1. The van der Waals surface area contributed by atoms with E-state index >= 15 is 0 Å². The number of allylic oxidation sites excluding steroid dienone is 1. The molecule has 1 unspecified atom stereocenters. The summed E-state index contributed by atoms with van der Waals surface area (Å²) in [6.45, 7) is 6.32. The number of nitrogens with one attached hydrogen (secondary N) is 1. The molecule has 2 aromatic rings. The average molecular weight is 521 g/mol. The van der Waals surface area contributed by atoms with E-state index < -0.39 is 5.54 Å². The van der Waals surface area contributed by atoms with E-state index in [1.165, 1.54) is 0 Å². The molecule has 9 nitrogen and oxygen atoms in total. The van der Waals surface area contributed by atoms with Gasteiger partial charge in [0, 0.05) is 54.6 Å². The van der Waals surface area contributed by atoms with Crippen molar-refractivity contribution in [3.63, 3.8) is 0 Å². The van der Waals surface area contributed by atoms with Crippen LogP contribution in [-0.4, -0.2) is 73.3 Å². The molecule has 1 N–H and O–H groups in total. The number of carbonyl (C=O) groups excluding carboxylic acids is 2.